The number of pyridine rings is 1. The maximum atomic E-state index is 12.7. The van der Waals surface area contributed by atoms with Crippen LogP contribution in [0.15, 0.2) is 53.5 Å². The zero-order valence-corrected chi connectivity index (χ0v) is 11.9. The second-order valence-electron chi connectivity index (χ2n) is 4.50. The summed E-state index contributed by atoms with van der Waals surface area (Å²) in [6, 6.07) is 12.0. The van der Waals surface area contributed by atoms with Crippen LogP contribution < -0.4 is 5.56 Å². The summed E-state index contributed by atoms with van der Waals surface area (Å²) >= 11 is 0. The average Bonchev–Trinajstić information content (AvgIpc) is 2.56. The highest BCUT2D eigenvalue weighted by molar-refractivity contribution is 5.89. The van der Waals surface area contributed by atoms with E-state index in [-0.39, 0.29) is 18.0 Å². The van der Waals surface area contributed by atoms with Crippen LogP contribution in [0, 0.1) is 0 Å². The van der Waals surface area contributed by atoms with Gasteiger partial charge in [-0.1, -0.05) is 18.2 Å². The van der Waals surface area contributed by atoms with Gasteiger partial charge in [-0.05, 0) is 31.2 Å². The Morgan fingerprint density at radius 1 is 1.18 bits per heavy atom. The Hall–Kier alpha value is -3.02. The summed E-state index contributed by atoms with van der Waals surface area (Å²) in [5.74, 6) is -0.408. The number of ether oxygens (including phenoxy) is 1. The number of esters is 1. The Bertz CT molecular complexity index is 888. The molecule has 22 heavy (non-hydrogen) atoms. The summed E-state index contributed by atoms with van der Waals surface area (Å²) in [5, 5.41) is 0.418. The fourth-order valence-corrected chi connectivity index (χ4v) is 2.16. The molecule has 0 fully saturated rings. The van der Waals surface area contributed by atoms with Crippen molar-refractivity contribution in [2.75, 3.05) is 6.61 Å². The van der Waals surface area contributed by atoms with Crippen LogP contribution in [-0.2, 0) is 4.74 Å². The number of aromatic nitrogens is 3. The van der Waals surface area contributed by atoms with Crippen molar-refractivity contribution in [2.24, 2.45) is 0 Å². The van der Waals surface area contributed by atoms with E-state index >= 15 is 0 Å². The van der Waals surface area contributed by atoms with E-state index in [1.54, 1.807) is 55.6 Å². The highest BCUT2D eigenvalue weighted by atomic mass is 16.5. The van der Waals surface area contributed by atoms with Crippen LogP contribution in [0.4, 0.5) is 0 Å². The van der Waals surface area contributed by atoms with Gasteiger partial charge in [-0.15, -0.1) is 0 Å². The second-order valence-corrected chi connectivity index (χ2v) is 4.50. The first-order valence-electron chi connectivity index (χ1n) is 6.82. The van der Waals surface area contributed by atoms with Gasteiger partial charge < -0.3 is 4.74 Å². The molecule has 0 aliphatic carbocycles. The third-order valence-corrected chi connectivity index (χ3v) is 3.11. The normalized spacial score (nSPS) is 10.6. The predicted molar refractivity (Wildman–Crippen MR) is 81.1 cm³/mol. The van der Waals surface area contributed by atoms with Crippen molar-refractivity contribution in [3.8, 4) is 5.82 Å². The highest BCUT2D eigenvalue weighted by Gasteiger charge is 2.20. The van der Waals surface area contributed by atoms with Crippen molar-refractivity contribution in [3.05, 3.63) is 64.8 Å². The predicted octanol–water partition coefficient (Wildman–Crippen LogP) is 1.96. The molecular formula is C16H13N3O3. The number of benzene rings is 1. The number of carbonyl (C=O) groups excluding carboxylic acids is 1. The lowest BCUT2D eigenvalue weighted by Crippen LogP contribution is -2.28. The number of para-hydroxylation sites is 1. The van der Waals surface area contributed by atoms with Gasteiger partial charge in [0.2, 0.25) is 5.82 Å². The van der Waals surface area contributed by atoms with E-state index in [1.165, 1.54) is 4.57 Å². The molecule has 0 aliphatic rings. The van der Waals surface area contributed by atoms with Crippen LogP contribution in [0.3, 0.4) is 0 Å². The van der Waals surface area contributed by atoms with Crippen LogP contribution in [0.2, 0.25) is 0 Å². The summed E-state index contributed by atoms with van der Waals surface area (Å²) in [4.78, 5) is 33.3. The van der Waals surface area contributed by atoms with Crippen LogP contribution in [-0.4, -0.2) is 27.1 Å². The molecule has 0 N–H and O–H groups in total. The quantitative estimate of drug-likeness (QED) is 0.690. The highest BCUT2D eigenvalue weighted by Crippen LogP contribution is 2.12. The smallest absolute Gasteiger partial charge is 0.375 e. The topological polar surface area (TPSA) is 74.1 Å². The molecule has 0 atom stereocenters. The van der Waals surface area contributed by atoms with Crippen molar-refractivity contribution < 1.29 is 9.53 Å². The molecule has 110 valence electrons. The van der Waals surface area contributed by atoms with Gasteiger partial charge >= 0.3 is 5.97 Å². The number of nitrogens with zero attached hydrogens (tertiary/aromatic N) is 3. The molecule has 0 radical (unpaired) electrons. The zero-order valence-electron chi connectivity index (χ0n) is 11.9. The number of hydrogen-bond donors (Lipinski definition) is 0. The fraction of sp³-hybridized carbons (Fsp3) is 0.125. The van der Waals surface area contributed by atoms with Crippen molar-refractivity contribution in [3.63, 3.8) is 0 Å². The maximum absolute atomic E-state index is 12.7. The Morgan fingerprint density at radius 3 is 2.68 bits per heavy atom. The fourth-order valence-electron chi connectivity index (χ4n) is 2.16. The van der Waals surface area contributed by atoms with Gasteiger partial charge in [0.15, 0.2) is 0 Å². The van der Waals surface area contributed by atoms with E-state index < -0.39 is 5.97 Å². The van der Waals surface area contributed by atoms with Gasteiger partial charge in [-0.3, -0.25) is 4.79 Å². The van der Waals surface area contributed by atoms with Crippen molar-refractivity contribution in [1.82, 2.24) is 14.5 Å². The summed E-state index contributed by atoms with van der Waals surface area (Å²) in [7, 11) is 0. The van der Waals surface area contributed by atoms with Crippen LogP contribution in [0.1, 0.15) is 17.5 Å². The third kappa shape index (κ3) is 2.35. The number of fused-ring (bicyclic) bond motifs is 1. The van der Waals surface area contributed by atoms with E-state index in [0.29, 0.717) is 16.7 Å². The molecule has 0 spiro atoms. The van der Waals surface area contributed by atoms with Gasteiger partial charge in [0.25, 0.3) is 5.56 Å². The summed E-state index contributed by atoms with van der Waals surface area (Å²) in [6.45, 7) is 1.89. The van der Waals surface area contributed by atoms with Crippen LogP contribution in [0.25, 0.3) is 16.7 Å². The first-order chi connectivity index (χ1) is 10.7. The molecule has 0 amide bonds. The van der Waals surface area contributed by atoms with E-state index in [9.17, 15) is 9.59 Å². The number of carbonyl (C=O) groups is 1. The minimum Gasteiger partial charge on any atom is -0.460 e. The van der Waals surface area contributed by atoms with Crippen molar-refractivity contribution in [1.29, 1.82) is 0 Å². The molecule has 2 aromatic heterocycles. The van der Waals surface area contributed by atoms with Gasteiger partial charge in [0.05, 0.1) is 17.5 Å². The first kappa shape index (κ1) is 13.9. The molecule has 6 heteroatoms. The van der Waals surface area contributed by atoms with E-state index in [2.05, 4.69) is 9.97 Å². The second kappa shape index (κ2) is 5.77. The van der Waals surface area contributed by atoms with Gasteiger partial charge in [0, 0.05) is 6.20 Å². The van der Waals surface area contributed by atoms with Gasteiger partial charge in [-0.25, -0.2) is 19.3 Å². The SMILES string of the molecule is CCOC(=O)c1nc2ccccc2c(=O)n1-c1ccccn1. The van der Waals surface area contributed by atoms with Crippen molar-refractivity contribution >= 4 is 16.9 Å². The van der Waals surface area contributed by atoms with Gasteiger partial charge in [-0.2, -0.15) is 0 Å². The van der Waals surface area contributed by atoms with Crippen LogP contribution >= 0.6 is 0 Å². The molecule has 6 nitrogen and oxygen atoms in total. The number of rotatable bonds is 3. The summed E-state index contributed by atoms with van der Waals surface area (Å²) < 4.78 is 6.19. The van der Waals surface area contributed by atoms with E-state index in [4.69, 9.17) is 4.74 Å². The minimum absolute atomic E-state index is 0.0794. The minimum atomic E-state index is -0.656. The lowest BCUT2D eigenvalue weighted by atomic mass is 10.2. The van der Waals surface area contributed by atoms with E-state index in [0.717, 1.165) is 0 Å². The monoisotopic (exact) mass is 295 g/mol. The largest absolute Gasteiger partial charge is 0.460 e. The maximum Gasteiger partial charge on any atom is 0.375 e. The number of hydrogen-bond acceptors (Lipinski definition) is 5. The molecule has 0 unspecified atom stereocenters. The lowest BCUT2D eigenvalue weighted by molar-refractivity contribution is 0.0508. The first-order valence-corrected chi connectivity index (χ1v) is 6.82. The molecule has 3 rings (SSSR count). The average molecular weight is 295 g/mol. The van der Waals surface area contributed by atoms with Crippen LogP contribution in [0.5, 0.6) is 0 Å². The zero-order chi connectivity index (χ0) is 15.5. The molecule has 2 heterocycles. The molecule has 0 bridgehead atoms. The van der Waals surface area contributed by atoms with E-state index in [1.807, 2.05) is 0 Å². The lowest BCUT2D eigenvalue weighted by Gasteiger charge is -2.11. The Kier molecular flexibility index (Phi) is 3.65. The molecule has 0 aliphatic heterocycles. The van der Waals surface area contributed by atoms with Gasteiger partial charge in [0.1, 0.15) is 5.82 Å². The molecular weight excluding hydrogens is 282 g/mol. The molecule has 0 saturated heterocycles. The van der Waals surface area contributed by atoms with Crippen molar-refractivity contribution in [2.45, 2.75) is 6.92 Å². The Balaban J connectivity index is 2.36. The third-order valence-electron chi connectivity index (χ3n) is 3.11. The Labute approximate surface area is 126 Å². The summed E-state index contributed by atoms with van der Waals surface area (Å²) in [5.41, 5.74) is 0.0927. The Morgan fingerprint density at radius 2 is 1.95 bits per heavy atom. The molecule has 1 aromatic carbocycles. The summed E-state index contributed by atoms with van der Waals surface area (Å²) in [6.07, 6.45) is 1.55. The standard InChI is InChI=1S/C16H13N3O3/c1-2-22-16(21)14-18-12-8-4-3-7-11(12)15(20)19(14)13-9-5-6-10-17-13/h3-10H,2H2,1H3. The molecule has 3 aromatic rings. The molecule has 0 saturated carbocycles.